The zero-order valence-corrected chi connectivity index (χ0v) is 12.9. The monoisotopic (exact) mass is 272 g/mol. The third kappa shape index (κ3) is 3.07. The van der Waals surface area contributed by atoms with E-state index in [1.165, 1.54) is 37.8 Å². The predicted molar refractivity (Wildman–Crippen MR) is 84.8 cm³/mol. The van der Waals surface area contributed by atoms with Crippen LogP contribution in [-0.2, 0) is 0 Å². The molecule has 0 radical (unpaired) electrons. The lowest BCUT2D eigenvalue weighted by Crippen LogP contribution is -2.55. The van der Waals surface area contributed by atoms with E-state index in [4.69, 9.17) is 0 Å². The van der Waals surface area contributed by atoms with Gasteiger partial charge in [-0.2, -0.15) is 0 Å². The summed E-state index contributed by atoms with van der Waals surface area (Å²) >= 11 is 0. The van der Waals surface area contributed by atoms with Crippen LogP contribution in [0.5, 0.6) is 0 Å². The Morgan fingerprint density at radius 1 is 1.00 bits per heavy atom. The van der Waals surface area contributed by atoms with Gasteiger partial charge >= 0.3 is 0 Å². The predicted octanol–water partition coefficient (Wildman–Crippen LogP) is 3.60. The van der Waals surface area contributed by atoms with Crippen molar-refractivity contribution in [3.05, 3.63) is 35.9 Å². The average Bonchev–Trinajstić information content (AvgIpc) is 2.49. The molecule has 1 aliphatic heterocycles. The second-order valence-electron chi connectivity index (χ2n) is 6.85. The number of rotatable bonds is 2. The summed E-state index contributed by atoms with van der Waals surface area (Å²) in [6.07, 6.45) is 5.59. The smallest absolute Gasteiger partial charge is 0.0476 e. The van der Waals surface area contributed by atoms with Crippen LogP contribution in [0.1, 0.15) is 51.1 Å². The highest BCUT2D eigenvalue weighted by molar-refractivity contribution is 5.20. The minimum atomic E-state index is 0.561. The molecule has 1 saturated carbocycles. The normalized spacial score (nSPS) is 35.9. The molecule has 0 amide bonds. The van der Waals surface area contributed by atoms with Crippen LogP contribution < -0.4 is 5.32 Å². The molecule has 2 heteroatoms. The fourth-order valence-electron chi connectivity index (χ4n) is 3.90. The summed E-state index contributed by atoms with van der Waals surface area (Å²) in [7, 11) is 0. The molecule has 20 heavy (non-hydrogen) atoms. The molecule has 1 saturated heterocycles. The molecule has 2 atom stereocenters. The lowest BCUT2D eigenvalue weighted by molar-refractivity contribution is 0.0570. The van der Waals surface area contributed by atoms with Crippen LogP contribution in [0.25, 0.3) is 0 Å². The van der Waals surface area contributed by atoms with E-state index in [9.17, 15) is 0 Å². The highest BCUT2D eigenvalue weighted by atomic mass is 15.3. The van der Waals surface area contributed by atoms with Crippen molar-refractivity contribution < 1.29 is 0 Å². The Hall–Kier alpha value is -0.860. The minimum absolute atomic E-state index is 0.561. The van der Waals surface area contributed by atoms with E-state index < -0.39 is 0 Å². The van der Waals surface area contributed by atoms with Gasteiger partial charge in [0.05, 0.1) is 0 Å². The molecule has 110 valence electrons. The van der Waals surface area contributed by atoms with Crippen LogP contribution >= 0.6 is 0 Å². The molecule has 1 N–H and O–H groups in total. The number of nitrogens with zero attached hydrogens (tertiary/aromatic N) is 1. The molecule has 1 aromatic rings. The number of hydrogen-bond acceptors (Lipinski definition) is 2. The molecule has 1 aromatic carbocycles. The minimum Gasteiger partial charge on any atom is -0.311 e. The summed E-state index contributed by atoms with van der Waals surface area (Å²) in [5.74, 6) is 0.932. The molecule has 2 unspecified atom stereocenters. The Bertz CT molecular complexity index is 409. The molecule has 2 nitrogen and oxygen atoms in total. The van der Waals surface area contributed by atoms with Crippen molar-refractivity contribution in [3.8, 4) is 0 Å². The third-order valence-electron chi connectivity index (χ3n) is 5.18. The highest BCUT2D eigenvalue weighted by Crippen LogP contribution is 2.33. The summed E-state index contributed by atoms with van der Waals surface area (Å²) in [6, 6.07) is 13.0. The van der Waals surface area contributed by atoms with Crippen molar-refractivity contribution in [1.82, 2.24) is 10.2 Å². The highest BCUT2D eigenvalue weighted by Gasteiger charge is 2.33. The van der Waals surface area contributed by atoms with Gasteiger partial charge in [0, 0.05) is 31.2 Å². The third-order valence-corrected chi connectivity index (χ3v) is 5.18. The first-order valence-electron chi connectivity index (χ1n) is 8.28. The van der Waals surface area contributed by atoms with E-state index in [1.807, 2.05) is 0 Å². The second-order valence-corrected chi connectivity index (χ2v) is 6.85. The molecule has 3 rings (SSSR count). The SMILES string of the molecule is CC1CCC(N2CC(C)NCC2c2ccccc2)CC1. The van der Waals surface area contributed by atoms with Crippen LogP contribution in [0.3, 0.4) is 0 Å². The van der Waals surface area contributed by atoms with Gasteiger partial charge in [-0.15, -0.1) is 0 Å². The van der Waals surface area contributed by atoms with Gasteiger partial charge in [0.15, 0.2) is 0 Å². The van der Waals surface area contributed by atoms with E-state index in [-0.39, 0.29) is 0 Å². The van der Waals surface area contributed by atoms with E-state index in [1.54, 1.807) is 0 Å². The van der Waals surface area contributed by atoms with Gasteiger partial charge in [-0.25, -0.2) is 0 Å². The van der Waals surface area contributed by atoms with Crippen molar-refractivity contribution in [3.63, 3.8) is 0 Å². The number of hydrogen-bond donors (Lipinski definition) is 1. The molecular weight excluding hydrogens is 244 g/mol. The second kappa shape index (κ2) is 6.28. The standard InChI is InChI=1S/C18H28N2/c1-14-8-10-17(11-9-14)20-13-15(2)19-12-18(20)16-6-4-3-5-7-16/h3-7,14-15,17-19H,8-13H2,1-2H3. The van der Waals surface area contributed by atoms with Crippen molar-refractivity contribution in [2.24, 2.45) is 5.92 Å². The zero-order chi connectivity index (χ0) is 13.9. The van der Waals surface area contributed by atoms with Crippen molar-refractivity contribution in [2.75, 3.05) is 13.1 Å². The Morgan fingerprint density at radius 2 is 1.70 bits per heavy atom. The van der Waals surface area contributed by atoms with Crippen LogP contribution in [0.2, 0.25) is 0 Å². The van der Waals surface area contributed by atoms with Gasteiger partial charge in [0.1, 0.15) is 0 Å². The largest absolute Gasteiger partial charge is 0.311 e. The number of nitrogens with one attached hydrogen (secondary N) is 1. The van der Waals surface area contributed by atoms with Gasteiger partial charge in [0.25, 0.3) is 0 Å². The molecular formula is C18H28N2. The molecule has 0 aromatic heterocycles. The zero-order valence-electron chi connectivity index (χ0n) is 12.9. The van der Waals surface area contributed by atoms with E-state index in [2.05, 4.69) is 54.4 Å². The number of piperazine rings is 1. The van der Waals surface area contributed by atoms with E-state index in [0.717, 1.165) is 18.5 Å². The molecule has 0 bridgehead atoms. The summed E-state index contributed by atoms with van der Waals surface area (Å²) in [6.45, 7) is 7.01. The maximum absolute atomic E-state index is 3.67. The Kier molecular flexibility index (Phi) is 4.42. The van der Waals surface area contributed by atoms with Crippen LogP contribution in [-0.4, -0.2) is 30.1 Å². The first-order chi connectivity index (χ1) is 9.74. The lowest BCUT2D eigenvalue weighted by Gasteiger charge is -2.46. The molecule has 2 fully saturated rings. The van der Waals surface area contributed by atoms with Crippen molar-refractivity contribution in [2.45, 2.75) is 57.7 Å². The molecule has 2 aliphatic rings. The van der Waals surface area contributed by atoms with E-state index in [0.29, 0.717) is 12.1 Å². The first kappa shape index (κ1) is 14.1. The molecule has 1 aliphatic carbocycles. The van der Waals surface area contributed by atoms with Gasteiger partial charge in [-0.3, -0.25) is 4.90 Å². The summed E-state index contributed by atoms with van der Waals surface area (Å²) in [5, 5.41) is 3.67. The van der Waals surface area contributed by atoms with Gasteiger partial charge in [-0.1, -0.05) is 37.3 Å². The van der Waals surface area contributed by atoms with Crippen molar-refractivity contribution >= 4 is 0 Å². The fraction of sp³-hybridized carbons (Fsp3) is 0.667. The first-order valence-corrected chi connectivity index (χ1v) is 8.28. The van der Waals surface area contributed by atoms with Crippen LogP contribution in [0.4, 0.5) is 0 Å². The molecule has 1 heterocycles. The Balaban J connectivity index is 1.77. The Morgan fingerprint density at radius 3 is 2.40 bits per heavy atom. The van der Waals surface area contributed by atoms with Crippen LogP contribution in [0.15, 0.2) is 30.3 Å². The van der Waals surface area contributed by atoms with Crippen molar-refractivity contribution in [1.29, 1.82) is 0 Å². The topological polar surface area (TPSA) is 15.3 Å². The van der Waals surface area contributed by atoms with E-state index >= 15 is 0 Å². The quantitative estimate of drug-likeness (QED) is 0.885. The van der Waals surface area contributed by atoms with Gasteiger partial charge < -0.3 is 5.32 Å². The fourth-order valence-corrected chi connectivity index (χ4v) is 3.90. The maximum Gasteiger partial charge on any atom is 0.0476 e. The Labute approximate surface area is 123 Å². The van der Waals surface area contributed by atoms with Gasteiger partial charge in [-0.05, 0) is 44.1 Å². The lowest BCUT2D eigenvalue weighted by atomic mass is 9.85. The summed E-state index contributed by atoms with van der Waals surface area (Å²) in [5.41, 5.74) is 1.48. The average molecular weight is 272 g/mol. The number of benzene rings is 1. The summed E-state index contributed by atoms with van der Waals surface area (Å²) < 4.78 is 0. The van der Waals surface area contributed by atoms with Gasteiger partial charge in [0.2, 0.25) is 0 Å². The molecule has 0 spiro atoms. The summed E-state index contributed by atoms with van der Waals surface area (Å²) in [4.78, 5) is 2.79. The maximum atomic E-state index is 3.67. The van der Waals surface area contributed by atoms with Crippen LogP contribution in [0, 0.1) is 5.92 Å².